The highest BCUT2D eigenvalue weighted by Gasteiger charge is 2.23. The molecule has 0 amide bonds. The molecule has 0 saturated heterocycles. The molecule has 0 aliphatic rings. The zero-order valence-corrected chi connectivity index (χ0v) is 15.3. The minimum atomic E-state index is -0.186. The molecular weight excluding hydrogens is 371 g/mol. The van der Waals surface area contributed by atoms with Crippen LogP contribution in [0.3, 0.4) is 0 Å². The Morgan fingerprint density at radius 3 is 2.33 bits per heavy atom. The molecule has 2 aromatic rings. The zero-order chi connectivity index (χ0) is 15.4. The lowest BCUT2D eigenvalue weighted by atomic mass is 9.95. The van der Waals surface area contributed by atoms with E-state index in [2.05, 4.69) is 56.3 Å². The molecule has 0 unspecified atom stereocenters. The Labute approximate surface area is 138 Å². The second-order valence-electron chi connectivity index (χ2n) is 5.63. The number of ketones is 1. The van der Waals surface area contributed by atoms with Gasteiger partial charge in [0.25, 0.3) is 0 Å². The highest BCUT2D eigenvalue weighted by molar-refractivity contribution is 5.78. The third-order valence-electron chi connectivity index (χ3n) is 3.83. The molecule has 2 aromatic carbocycles. The Morgan fingerprint density at radius 2 is 1.71 bits per heavy atom. The first-order valence-electron chi connectivity index (χ1n) is 7.28. The van der Waals surface area contributed by atoms with Crippen LogP contribution in [0, 0.1) is 26.9 Å². The van der Waals surface area contributed by atoms with Gasteiger partial charge >= 0.3 is 21.2 Å². The molecule has 1 nitrogen and oxygen atoms in total. The molecule has 0 aromatic heterocycles. The normalized spacial score (nSPS) is 12.2. The molecule has 110 valence electrons. The van der Waals surface area contributed by atoms with E-state index in [1.807, 2.05) is 6.92 Å². The van der Waals surface area contributed by atoms with Gasteiger partial charge in [0.2, 0.25) is 0 Å². The summed E-state index contributed by atoms with van der Waals surface area (Å²) in [6, 6.07) is 15.3. The number of halogens is 1. The summed E-state index contributed by atoms with van der Waals surface area (Å²) in [4.78, 5) is 11.6. The molecule has 0 fully saturated rings. The minimum absolute atomic E-state index is 0.102. The van der Waals surface area contributed by atoms with Crippen molar-refractivity contribution < 1.29 is 26.0 Å². The maximum absolute atomic E-state index is 11.6. The Morgan fingerprint density at radius 1 is 1.10 bits per heavy atom. The molecule has 2 heteroatoms. The predicted octanol–water partition coefficient (Wildman–Crippen LogP) is 1.20. The predicted molar refractivity (Wildman–Crippen MR) is 83.3 cm³/mol. The van der Waals surface area contributed by atoms with Gasteiger partial charge in [0.1, 0.15) is 5.78 Å². The van der Waals surface area contributed by atoms with E-state index >= 15 is 0 Å². The largest absolute Gasteiger partial charge is 0.358 e. The quantitative estimate of drug-likeness (QED) is 0.698. The maximum Gasteiger partial charge on any atom is 0.358 e. The molecule has 0 radical (unpaired) electrons. The highest BCUT2D eigenvalue weighted by Crippen LogP contribution is 2.14. The molecule has 0 heterocycles. The van der Waals surface area contributed by atoms with E-state index in [0.717, 1.165) is 6.42 Å². The third kappa shape index (κ3) is 4.40. The van der Waals surface area contributed by atoms with E-state index in [1.165, 1.54) is 23.8 Å². The first-order chi connectivity index (χ1) is 9.97. The summed E-state index contributed by atoms with van der Waals surface area (Å²) < 4.78 is 2.88. The van der Waals surface area contributed by atoms with Crippen LogP contribution in [0.5, 0.6) is 0 Å². The van der Waals surface area contributed by atoms with Crippen molar-refractivity contribution in [2.45, 2.75) is 34.1 Å². The van der Waals surface area contributed by atoms with Gasteiger partial charge in [0, 0.05) is 11.5 Å². The molecule has 0 aliphatic heterocycles. The lowest BCUT2D eigenvalue weighted by Gasteiger charge is -2.10. The monoisotopic (exact) mass is 393 g/mol. The highest BCUT2D eigenvalue weighted by atomic mass is 127. The fourth-order valence-corrected chi connectivity index (χ4v) is 4.94. The van der Waals surface area contributed by atoms with Crippen molar-refractivity contribution in [3.8, 4) is 0 Å². The second kappa shape index (κ2) is 7.21. The number of Topliss-reactive ketones (excluding diaryl/α,β-unsaturated/α-hetero) is 1. The lowest BCUT2D eigenvalue weighted by molar-refractivity contribution is -0.598. The molecule has 0 saturated carbocycles. The SMILES string of the molecule is CC(=O)[C@@H](C)Cc1cc(C)c(C)cc1[I+]c1ccccc1. The van der Waals surface area contributed by atoms with Crippen molar-refractivity contribution in [2.75, 3.05) is 0 Å². The molecule has 0 aliphatic carbocycles. The lowest BCUT2D eigenvalue weighted by Crippen LogP contribution is -3.61. The van der Waals surface area contributed by atoms with Crippen LogP contribution in [0.2, 0.25) is 0 Å². The van der Waals surface area contributed by atoms with E-state index in [9.17, 15) is 4.79 Å². The summed E-state index contributed by atoms with van der Waals surface area (Å²) in [7, 11) is 0. The van der Waals surface area contributed by atoms with Crippen LogP contribution < -0.4 is 21.2 Å². The maximum atomic E-state index is 11.6. The molecule has 0 bridgehead atoms. The van der Waals surface area contributed by atoms with Gasteiger partial charge < -0.3 is 0 Å². The van der Waals surface area contributed by atoms with Crippen molar-refractivity contribution in [1.82, 2.24) is 0 Å². The second-order valence-corrected chi connectivity index (χ2v) is 8.58. The first kappa shape index (κ1) is 16.2. The fraction of sp³-hybridized carbons (Fsp3) is 0.316. The van der Waals surface area contributed by atoms with E-state index in [1.54, 1.807) is 6.92 Å². The minimum Gasteiger partial charge on any atom is -0.300 e. The van der Waals surface area contributed by atoms with Crippen LogP contribution in [0.25, 0.3) is 0 Å². The van der Waals surface area contributed by atoms with Gasteiger partial charge in [0.05, 0.1) is 0 Å². The molecule has 0 N–H and O–H groups in total. The number of rotatable bonds is 5. The fourth-order valence-electron chi connectivity index (χ4n) is 2.15. The van der Waals surface area contributed by atoms with Crippen molar-refractivity contribution in [3.05, 3.63) is 66.3 Å². The number of carbonyl (C=O) groups excluding carboxylic acids is 1. The van der Waals surface area contributed by atoms with Crippen LogP contribution >= 0.6 is 0 Å². The topological polar surface area (TPSA) is 17.1 Å². The standard InChI is InChI=1S/C19H22IO/c1-13-10-17(11-15(3)16(4)21)19(12-14(13)2)20-18-8-6-5-7-9-18/h5-10,12,15H,11H2,1-4H3/q+1/t15-/m0/s1. The first-order valence-corrected chi connectivity index (χ1v) is 9.43. The van der Waals surface area contributed by atoms with Gasteiger partial charge in [-0.3, -0.25) is 4.79 Å². The number of hydrogen-bond donors (Lipinski definition) is 0. The van der Waals surface area contributed by atoms with Crippen molar-refractivity contribution in [2.24, 2.45) is 5.92 Å². The van der Waals surface area contributed by atoms with Crippen molar-refractivity contribution >= 4 is 5.78 Å². The number of aryl methyl sites for hydroxylation is 2. The Bertz CT molecular complexity index is 632. The van der Waals surface area contributed by atoms with E-state index in [4.69, 9.17) is 0 Å². The Hall–Kier alpha value is -1.16. The van der Waals surface area contributed by atoms with Crippen LogP contribution in [0.15, 0.2) is 42.5 Å². The molecule has 2 rings (SSSR count). The molecule has 0 spiro atoms. The van der Waals surface area contributed by atoms with Crippen LogP contribution in [0.1, 0.15) is 30.5 Å². The molecule has 1 atom stereocenters. The van der Waals surface area contributed by atoms with E-state index < -0.39 is 0 Å². The molecular formula is C19H22IO+. The van der Waals surface area contributed by atoms with Crippen molar-refractivity contribution in [3.63, 3.8) is 0 Å². The van der Waals surface area contributed by atoms with Crippen LogP contribution in [-0.2, 0) is 11.2 Å². The average Bonchev–Trinajstić information content (AvgIpc) is 2.45. The zero-order valence-electron chi connectivity index (χ0n) is 13.1. The third-order valence-corrected chi connectivity index (χ3v) is 6.75. The summed E-state index contributed by atoms with van der Waals surface area (Å²) in [5.41, 5.74) is 4.03. The molecule has 21 heavy (non-hydrogen) atoms. The number of hydrogen-bond acceptors (Lipinski definition) is 1. The van der Waals surface area contributed by atoms with Crippen LogP contribution in [0.4, 0.5) is 0 Å². The smallest absolute Gasteiger partial charge is 0.300 e. The van der Waals surface area contributed by atoms with Crippen LogP contribution in [-0.4, -0.2) is 5.78 Å². The van der Waals surface area contributed by atoms with Crippen molar-refractivity contribution in [1.29, 1.82) is 0 Å². The van der Waals surface area contributed by atoms with Gasteiger partial charge in [-0.15, -0.1) is 0 Å². The van der Waals surface area contributed by atoms with Gasteiger partial charge in [-0.05, 0) is 56.5 Å². The number of benzene rings is 2. The Kier molecular flexibility index (Phi) is 5.57. The van der Waals surface area contributed by atoms with E-state index in [0.29, 0.717) is 0 Å². The van der Waals surface area contributed by atoms with Gasteiger partial charge in [-0.25, -0.2) is 0 Å². The summed E-state index contributed by atoms with van der Waals surface area (Å²) in [5.74, 6) is 0.378. The number of carbonyl (C=O) groups is 1. The van der Waals surface area contributed by atoms with Gasteiger partial charge in [0.15, 0.2) is 7.14 Å². The van der Waals surface area contributed by atoms with E-state index in [-0.39, 0.29) is 32.9 Å². The summed E-state index contributed by atoms with van der Waals surface area (Å²) in [6.45, 7) is 8.05. The average molecular weight is 393 g/mol. The van der Waals surface area contributed by atoms with Gasteiger partial charge in [-0.2, -0.15) is 0 Å². The van der Waals surface area contributed by atoms with Gasteiger partial charge in [-0.1, -0.05) is 31.2 Å². The summed E-state index contributed by atoms with van der Waals surface area (Å²) in [5, 5.41) is 0. The summed E-state index contributed by atoms with van der Waals surface area (Å²) >= 11 is -0.186. The Balaban J connectivity index is 2.34. The summed E-state index contributed by atoms with van der Waals surface area (Å²) in [6.07, 6.45) is 0.859.